The SMILES string of the molecule is CCC(=O)Nc1cccc(NC(=O)CNc2cccc(OCCC(C)C)c2)c1. The molecule has 0 bridgehead atoms. The molecule has 0 fully saturated rings. The van der Waals surface area contributed by atoms with Crippen LogP contribution in [0.1, 0.15) is 33.6 Å². The molecule has 6 nitrogen and oxygen atoms in total. The number of hydrogen-bond acceptors (Lipinski definition) is 4. The van der Waals surface area contributed by atoms with E-state index in [2.05, 4.69) is 29.8 Å². The highest BCUT2D eigenvalue weighted by Gasteiger charge is 2.05. The molecular weight excluding hydrogens is 354 g/mol. The first-order valence-electron chi connectivity index (χ1n) is 9.62. The van der Waals surface area contributed by atoms with E-state index in [9.17, 15) is 9.59 Å². The Balaban J connectivity index is 1.84. The molecule has 2 aromatic carbocycles. The minimum atomic E-state index is -0.176. The third kappa shape index (κ3) is 7.70. The van der Waals surface area contributed by atoms with E-state index in [1.54, 1.807) is 31.2 Å². The highest BCUT2D eigenvalue weighted by atomic mass is 16.5. The van der Waals surface area contributed by atoms with Crippen LogP contribution in [0.15, 0.2) is 48.5 Å². The van der Waals surface area contributed by atoms with Gasteiger partial charge in [0.05, 0.1) is 13.2 Å². The van der Waals surface area contributed by atoms with Crippen molar-refractivity contribution in [2.75, 3.05) is 29.1 Å². The molecule has 0 aliphatic rings. The maximum Gasteiger partial charge on any atom is 0.243 e. The van der Waals surface area contributed by atoms with Crippen molar-refractivity contribution in [3.63, 3.8) is 0 Å². The van der Waals surface area contributed by atoms with Crippen molar-refractivity contribution in [1.29, 1.82) is 0 Å². The molecule has 0 radical (unpaired) electrons. The predicted octanol–water partition coefficient (Wildman–Crippen LogP) is 4.51. The molecule has 0 saturated carbocycles. The molecule has 3 N–H and O–H groups in total. The van der Waals surface area contributed by atoms with Crippen LogP contribution in [-0.2, 0) is 9.59 Å². The second kappa shape index (κ2) is 11.0. The predicted molar refractivity (Wildman–Crippen MR) is 114 cm³/mol. The van der Waals surface area contributed by atoms with Gasteiger partial charge < -0.3 is 20.7 Å². The molecule has 28 heavy (non-hydrogen) atoms. The van der Waals surface area contributed by atoms with Crippen LogP contribution in [0.25, 0.3) is 0 Å². The van der Waals surface area contributed by atoms with E-state index in [4.69, 9.17) is 4.74 Å². The van der Waals surface area contributed by atoms with Crippen molar-refractivity contribution in [3.05, 3.63) is 48.5 Å². The smallest absolute Gasteiger partial charge is 0.243 e. The van der Waals surface area contributed by atoms with Gasteiger partial charge in [0, 0.05) is 29.5 Å². The van der Waals surface area contributed by atoms with Gasteiger partial charge in [0.15, 0.2) is 0 Å². The van der Waals surface area contributed by atoms with Gasteiger partial charge in [-0.25, -0.2) is 0 Å². The quantitative estimate of drug-likeness (QED) is 0.564. The molecule has 0 spiro atoms. The van der Waals surface area contributed by atoms with Gasteiger partial charge in [-0.3, -0.25) is 9.59 Å². The Bertz CT molecular complexity index is 790. The summed E-state index contributed by atoms with van der Waals surface area (Å²) in [6.07, 6.45) is 1.40. The van der Waals surface area contributed by atoms with Gasteiger partial charge in [-0.15, -0.1) is 0 Å². The second-order valence-electron chi connectivity index (χ2n) is 6.94. The van der Waals surface area contributed by atoms with Crippen LogP contribution in [0.3, 0.4) is 0 Å². The van der Waals surface area contributed by atoms with Gasteiger partial charge >= 0.3 is 0 Å². The molecule has 2 rings (SSSR count). The van der Waals surface area contributed by atoms with Crippen molar-refractivity contribution >= 4 is 28.9 Å². The molecule has 0 unspecified atom stereocenters. The Morgan fingerprint density at radius 3 is 2.25 bits per heavy atom. The number of carbonyl (C=O) groups is 2. The monoisotopic (exact) mass is 383 g/mol. The highest BCUT2D eigenvalue weighted by Crippen LogP contribution is 2.18. The van der Waals surface area contributed by atoms with E-state index in [-0.39, 0.29) is 18.4 Å². The molecule has 150 valence electrons. The van der Waals surface area contributed by atoms with Gasteiger partial charge in [0.25, 0.3) is 0 Å². The standard InChI is InChI=1S/C22H29N3O3/c1-4-21(26)24-18-8-5-9-19(13-18)25-22(27)15-23-17-7-6-10-20(14-17)28-12-11-16(2)3/h5-10,13-14,16,23H,4,11-12,15H2,1-3H3,(H,24,26)(H,25,27). The van der Waals surface area contributed by atoms with E-state index >= 15 is 0 Å². The molecule has 0 atom stereocenters. The molecule has 0 aliphatic carbocycles. The number of benzene rings is 2. The summed E-state index contributed by atoms with van der Waals surface area (Å²) in [6.45, 7) is 6.91. The Morgan fingerprint density at radius 1 is 0.929 bits per heavy atom. The molecule has 0 heterocycles. The number of ether oxygens (including phenoxy) is 1. The first-order valence-corrected chi connectivity index (χ1v) is 9.62. The third-order valence-electron chi connectivity index (χ3n) is 4.00. The number of nitrogens with one attached hydrogen (secondary N) is 3. The molecule has 0 saturated heterocycles. The summed E-state index contributed by atoms with van der Waals surface area (Å²) in [6, 6.07) is 14.7. The minimum absolute atomic E-state index is 0.0689. The summed E-state index contributed by atoms with van der Waals surface area (Å²) < 4.78 is 5.74. The summed E-state index contributed by atoms with van der Waals surface area (Å²) in [4.78, 5) is 23.7. The molecule has 2 aromatic rings. The van der Waals surface area contributed by atoms with Crippen LogP contribution in [0.4, 0.5) is 17.1 Å². The van der Waals surface area contributed by atoms with Crippen LogP contribution in [0.5, 0.6) is 5.75 Å². The zero-order valence-electron chi connectivity index (χ0n) is 16.7. The molecule has 0 aliphatic heterocycles. The molecule has 2 amide bonds. The molecular formula is C22H29N3O3. The third-order valence-corrected chi connectivity index (χ3v) is 4.00. The van der Waals surface area contributed by atoms with Crippen LogP contribution in [0.2, 0.25) is 0 Å². The van der Waals surface area contributed by atoms with Crippen LogP contribution >= 0.6 is 0 Å². The lowest BCUT2D eigenvalue weighted by atomic mass is 10.1. The van der Waals surface area contributed by atoms with Crippen LogP contribution < -0.4 is 20.7 Å². The lowest BCUT2D eigenvalue weighted by Gasteiger charge is -2.11. The van der Waals surface area contributed by atoms with Crippen LogP contribution in [-0.4, -0.2) is 25.0 Å². The first-order chi connectivity index (χ1) is 13.5. The van der Waals surface area contributed by atoms with Crippen LogP contribution in [0, 0.1) is 5.92 Å². The Kier molecular flexibility index (Phi) is 8.34. The zero-order chi connectivity index (χ0) is 20.4. The fourth-order valence-corrected chi connectivity index (χ4v) is 2.42. The summed E-state index contributed by atoms with van der Waals surface area (Å²) in [5.74, 6) is 1.13. The van der Waals surface area contributed by atoms with E-state index in [1.165, 1.54) is 0 Å². The molecule has 0 aromatic heterocycles. The average Bonchev–Trinajstić information content (AvgIpc) is 2.66. The van der Waals surface area contributed by atoms with E-state index < -0.39 is 0 Å². The molecule has 6 heteroatoms. The minimum Gasteiger partial charge on any atom is -0.494 e. The maximum absolute atomic E-state index is 12.2. The van der Waals surface area contributed by atoms with Gasteiger partial charge in [-0.2, -0.15) is 0 Å². The number of carbonyl (C=O) groups excluding carboxylic acids is 2. The van der Waals surface area contributed by atoms with Gasteiger partial charge in [0.1, 0.15) is 5.75 Å². The van der Waals surface area contributed by atoms with Crippen molar-refractivity contribution in [2.24, 2.45) is 5.92 Å². The lowest BCUT2D eigenvalue weighted by Crippen LogP contribution is -2.21. The Labute approximate surface area is 166 Å². The normalized spacial score (nSPS) is 10.4. The van der Waals surface area contributed by atoms with Crippen molar-refractivity contribution in [1.82, 2.24) is 0 Å². The van der Waals surface area contributed by atoms with E-state index in [0.29, 0.717) is 30.3 Å². The van der Waals surface area contributed by atoms with Gasteiger partial charge in [-0.1, -0.05) is 32.9 Å². The fraction of sp³-hybridized carbons (Fsp3) is 0.364. The largest absolute Gasteiger partial charge is 0.494 e. The van der Waals surface area contributed by atoms with Crippen molar-refractivity contribution in [3.8, 4) is 5.75 Å². The first kappa shape index (κ1) is 21.3. The maximum atomic E-state index is 12.2. The van der Waals surface area contributed by atoms with E-state index in [0.717, 1.165) is 17.9 Å². The second-order valence-corrected chi connectivity index (χ2v) is 6.94. The highest BCUT2D eigenvalue weighted by molar-refractivity contribution is 5.95. The summed E-state index contributed by atoms with van der Waals surface area (Å²) in [5, 5.41) is 8.69. The van der Waals surface area contributed by atoms with Gasteiger partial charge in [-0.05, 0) is 42.7 Å². The summed E-state index contributed by atoms with van der Waals surface area (Å²) in [7, 11) is 0. The zero-order valence-corrected chi connectivity index (χ0v) is 16.7. The number of rotatable bonds is 10. The lowest BCUT2D eigenvalue weighted by molar-refractivity contribution is -0.116. The summed E-state index contributed by atoms with van der Waals surface area (Å²) in [5.41, 5.74) is 2.11. The summed E-state index contributed by atoms with van der Waals surface area (Å²) >= 11 is 0. The average molecular weight is 383 g/mol. The number of anilines is 3. The Morgan fingerprint density at radius 2 is 1.57 bits per heavy atom. The number of hydrogen-bond donors (Lipinski definition) is 3. The fourth-order valence-electron chi connectivity index (χ4n) is 2.42. The number of amides is 2. The van der Waals surface area contributed by atoms with Crippen molar-refractivity contribution in [2.45, 2.75) is 33.6 Å². The topological polar surface area (TPSA) is 79.5 Å². The van der Waals surface area contributed by atoms with Crippen molar-refractivity contribution < 1.29 is 14.3 Å². The Hall–Kier alpha value is -3.02. The van der Waals surface area contributed by atoms with Gasteiger partial charge in [0.2, 0.25) is 11.8 Å². The van der Waals surface area contributed by atoms with E-state index in [1.807, 2.05) is 24.3 Å².